The Bertz CT molecular complexity index is 859. The number of ether oxygens (including phenoxy) is 1. The average Bonchev–Trinajstić information content (AvgIpc) is 2.59. The Labute approximate surface area is 146 Å². The minimum absolute atomic E-state index is 0.321. The van der Waals surface area contributed by atoms with Crippen LogP contribution in [0.15, 0.2) is 66.9 Å². The Morgan fingerprint density at radius 1 is 0.880 bits per heavy atom. The van der Waals surface area contributed by atoms with Crippen molar-refractivity contribution in [3.63, 3.8) is 0 Å². The summed E-state index contributed by atoms with van der Waals surface area (Å²) in [7, 11) is 0. The first kappa shape index (κ1) is 16.5. The Morgan fingerprint density at radius 3 is 2.28 bits per heavy atom. The molecule has 0 aliphatic heterocycles. The average molecular weight is 333 g/mol. The standard InChI is InChI=1S/C20H19N3O2/c1-14-6-8-16(9-7-14)22-20(24)23-17-10-11-19(21-13-17)25-18-5-3-4-15(2)12-18/h3-13H,1-2H3,(H2,22,23,24). The van der Waals surface area contributed by atoms with Crippen LogP contribution in [0, 0.1) is 13.8 Å². The quantitative estimate of drug-likeness (QED) is 0.695. The minimum atomic E-state index is -0.321. The molecule has 5 heteroatoms. The van der Waals surface area contributed by atoms with Gasteiger partial charge in [-0.05, 0) is 49.7 Å². The fourth-order valence-electron chi connectivity index (χ4n) is 2.24. The normalized spacial score (nSPS) is 10.2. The van der Waals surface area contributed by atoms with Gasteiger partial charge in [0.2, 0.25) is 5.88 Å². The van der Waals surface area contributed by atoms with Gasteiger partial charge in [0.25, 0.3) is 0 Å². The maximum absolute atomic E-state index is 12.0. The summed E-state index contributed by atoms with van der Waals surface area (Å²) in [6, 6.07) is 18.4. The molecule has 0 fully saturated rings. The van der Waals surface area contributed by atoms with Crippen LogP contribution in [0.4, 0.5) is 16.2 Å². The molecule has 0 aliphatic carbocycles. The van der Waals surface area contributed by atoms with Crippen LogP contribution in [0.25, 0.3) is 0 Å². The molecule has 0 aliphatic rings. The van der Waals surface area contributed by atoms with Gasteiger partial charge in [-0.25, -0.2) is 9.78 Å². The van der Waals surface area contributed by atoms with Crippen molar-refractivity contribution in [3.8, 4) is 11.6 Å². The Balaban J connectivity index is 1.58. The molecule has 1 heterocycles. The molecule has 0 spiro atoms. The van der Waals surface area contributed by atoms with Crippen molar-refractivity contribution < 1.29 is 9.53 Å². The summed E-state index contributed by atoms with van der Waals surface area (Å²) in [5.41, 5.74) is 3.57. The van der Waals surface area contributed by atoms with Crippen molar-refractivity contribution in [2.45, 2.75) is 13.8 Å². The van der Waals surface area contributed by atoms with Gasteiger partial charge in [0.15, 0.2) is 0 Å². The summed E-state index contributed by atoms with van der Waals surface area (Å²) in [6.07, 6.45) is 1.56. The molecule has 0 radical (unpaired) electrons. The number of carbonyl (C=O) groups excluding carboxylic acids is 1. The van der Waals surface area contributed by atoms with E-state index >= 15 is 0 Å². The molecule has 3 rings (SSSR count). The molecule has 25 heavy (non-hydrogen) atoms. The van der Waals surface area contributed by atoms with E-state index in [-0.39, 0.29) is 6.03 Å². The summed E-state index contributed by atoms with van der Waals surface area (Å²) >= 11 is 0. The number of hydrogen-bond acceptors (Lipinski definition) is 3. The van der Waals surface area contributed by atoms with Gasteiger partial charge in [-0.3, -0.25) is 0 Å². The Morgan fingerprint density at radius 2 is 1.60 bits per heavy atom. The van der Waals surface area contributed by atoms with Crippen molar-refractivity contribution in [2.75, 3.05) is 10.6 Å². The van der Waals surface area contributed by atoms with Crippen molar-refractivity contribution >= 4 is 17.4 Å². The zero-order valence-electron chi connectivity index (χ0n) is 14.1. The van der Waals surface area contributed by atoms with E-state index in [9.17, 15) is 4.79 Å². The van der Waals surface area contributed by atoms with Crippen molar-refractivity contribution in [2.24, 2.45) is 0 Å². The molecule has 2 aromatic carbocycles. The number of carbonyl (C=O) groups is 1. The molecule has 2 N–H and O–H groups in total. The van der Waals surface area contributed by atoms with Crippen molar-refractivity contribution in [3.05, 3.63) is 78.0 Å². The van der Waals surface area contributed by atoms with Gasteiger partial charge in [0, 0.05) is 11.8 Å². The number of anilines is 2. The fraction of sp³-hybridized carbons (Fsp3) is 0.100. The van der Waals surface area contributed by atoms with Gasteiger partial charge in [-0.1, -0.05) is 29.8 Å². The maximum Gasteiger partial charge on any atom is 0.323 e. The van der Waals surface area contributed by atoms with Gasteiger partial charge in [0.1, 0.15) is 5.75 Å². The number of amides is 2. The second kappa shape index (κ2) is 7.49. The lowest BCUT2D eigenvalue weighted by Gasteiger charge is -2.09. The number of pyridine rings is 1. The molecule has 126 valence electrons. The zero-order chi connectivity index (χ0) is 17.6. The van der Waals surface area contributed by atoms with Gasteiger partial charge >= 0.3 is 6.03 Å². The highest BCUT2D eigenvalue weighted by Gasteiger charge is 2.04. The van der Waals surface area contributed by atoms with Crippen LogP contribution in [-0.2, 0) is 0 Å². The van der Waals surface area contributed by atoms with Crippen LogP contribution >= 0.6 is 0 Å². The third kappa shape index (κ3) is 4.81. The van der Waals surface area contributed by atoms with E-state index in [1.54, 1.807) is 18.3 Å². The highest BCUT2D eigenvalue weighted by Crippen LogP contribution is 2.21. The lowest BCUT2D eigenvalue weighted by molar-refractivity contribution is 0.262. The second-order valence-corrected chi connectivity index (χ2v) is 5.75. The SMILES string of the molecule is Cc1ccc(NC(=O)Nc2ccc(Oc3cccc(C)c3)nc2)cc1. The Hall–Kier alpha value is -3.34. The zero-order valence-corrected chi connectivity index (χ0v) is 14.1. The number of nitrogens with zero attached hydrogens (tertiary/aromatic N) is 1. The second-order valence-electron chi connectivity index (χ2n) is 5.75. The smallest absolute Gasteiger partial charge is 0.323 e. The molecule has 3 aromatic rings. The number of nitrogens with one attached hydrogen (secondary N) is 2. The summed E-state index contributed by atoms with van der Waals surface area (Å²) in [6.45, 7) is 4.00. The predicted octanol–water partition coefficient (Wildman–Crippen LogP) is 5.13. The van der Waals surface area contributed by atoms with Crippen molar-refractivity contribution in [1.29, 1.82) is 0 Å². The number of aryl methyl sites for hydroxylation is 2. The largest absolute Gasteiger partial charge is 0.439 e. The predicted molar refractivity (Wildman–Crippen MR) is 99.3 cm³/mol. The van der Waals surface area contributed by atoms with E-state index < -0.39 is 0 Å². The van der Waals surface area contributed by atoms with Crippen LogP contribution in [0.3, 0.4) is 0 Å². The molecular weight excluding hydrogens is 314 g/mol. The van der Waals surface area contributed by atoms with Gasteiger partial charge in [0.05, 0.1) is 11.9 Å². The number of hydrogen-bond donors (Lipinski definition) is 2. The minimum Gasteiger partial charge on any atom is -0.439 e. The van der Waals surface area contributed by atoms with Crippen LogP contribution in [-0.4, -0.2) is 11.0 Å². The van der Waals surface area contributed by atoms with Gasteiger partial charge in [-0.15, -0.1) is 0 Å². The van der Waals surface area contributed by atoms with Gasteiger partial charge in [-0.2, -0.15) is 0 Å². The summed E-state index contributed by atoms with van der Waals surface area (Å²) in [5, 5.41) is 5.51. The summed E-state index contributed by atoms with van der Waals surface area (Å²) in [4.78, 5) is 16.2. The van der Waals surface area contributed by atoms with E-state index in [0.29, 0.717) is 11.6 Å². The number of rotatable bonds is 4. The highest BCUT2D eigenvalue weighted by atomic mass is 16.5. The van der Waals surface area contributed by atoms with E-state index in [1.165, 1.54) is 0 Å². The van der Waals surface area contributed by atoms with E-state index in [4.69, 9.17) is 4.74 Å². The molecule has 2 amide bonds. The van der Waals surface area contributed by atoms with Crippen LogP contribution in [0.1, 0.15) is 11.1 Å². The van der Waals surface area contributed by atoms with Gasteiger partial charge < -0.3 is 15.4 Å². The lowest BCUT2D eigenvalue weighted by atomic mass is 10.2. The first-order valence-corrected chi connectivity index (χ1v) is 7.94. The van der Waals surface area contributed by atoms with E-state index in [1.807, 2.05) is 62.4 Å². The molecule has 0 atom stereocenters. The van der Waals surface area contributed by atoms with Crippen LogP contribution < -0.4 is 15.4 Å². The molecule has 0 saturated heterocycles. The number of benzene rings is 2. The third-order valence-corrected chi connectivity index (χ3v) is 3.52. The maximum atomic E-state index is 12.0. The molecule has 5 nitrogen and oxygen atoms in total. The fourth-order valence-corrected chi connectivity index (χ4v) is 2.24. The van der Waals surface area contributed by atoms with E-state index in [0.717, 1.165) is 22.6 Å². The van der Waals surface area contributed by atoms with Crippen molar-refractivity contribution in [1.82, 2.24) is 4.98 Å². The Kier molecular flexibility index (Phi) is 4.95. The van der Waals surface area contributed by atoms with E-state index in [2.05, 4.69) is 15.6 Å². The molecule has 0 bridgehead atoms. The highest BCUT2D eigenvalue weighted by molar-refractivity contribution is 5.99. The molecular formula is C20H19N3O2. The number of aromatic nitrogens is 1. The monoisotopic (exact) mass is 333 g/mol. The summed E-state index contributed by atoms with van der Waals surface area (Å²) < 4.78 is 5.69. The van der Waals surface area contributed by atoms with Crippen LogP contribution in [0.5, 0.6) is 11.6 Å². The molecule has 0 saturated carbocycles. The third-order valence-electron chi connectivity index (χ3n) is 3.52. The number of urea groups is 1. The van der Waals surface area contributed by atoms with Crippen LogP contribution in [0.2, 0.25) is 0 Å². The topological polar surface area (TPSA) is 63.2 Å². The molecule has 1 aromatic heterocycles. The summed E-state index contributed by atoms with van der Waals surface area (Å²) in [5.74, 6) is 1.19. The molecule has 0 unspecified atom stereocenters. The first-order chi connectivity index (χ1) is 12.1. The first-order valence-electron chi connectivity index (χ1n) is 7.94. The lowest BCUT2D eigenvalue weighted by Crippen LogP contribution is -2.19.